The van der Waals surface area contributed by atoms with Gasteiger partial charge in [0.2, 0.25) is 0 Å². The molecule has 3 heteroatoms. The molecule has 0 aliphatic heterocycles. The van der Waals surface area contributed by atoms with Gasteiger partial charge in [-0.25, -0.2) is 0 Å². The Bertz CT molecular complexity index is 806. The minimum absolute atomic E-state index is 0.176. The number of rotatable bonds is 6. The van der Waals surface area contributed by atoms with E-state index in [0.717, 1.165) is 12.2 Å². The lowest BCUT2D eigenvalue weighted by molar-refractivity contribution is 0.367. The number of hydrogen-bond acceptors (Lipinski definition) is 1. The van der Waals surface area contributed by atoms with E-state index in [9.17, 15) is 0 Å². The van der Waals surface area contributed by atoms with Crippen LogP contribution in [0.25, 0.3) is 0 Å². The Balaban J connectivity index is 1.89. The van der Waals surface area contributed by atoms with Gasteiger partial charge < -0.3 is 10.6 Å². The van der Waals surface area contributed by atoms with E-state index in [1.54, 1.807) is 0 Å². The van der Waals surface area contributed by atoms with Crippen LogP contribution in [-0.2, 0) is 5.41 Å². The first-order valence-electron chi connectivity index (χ1n) is 9.34. The molecule has 0 aromatic heterocycles. The third kappa shape index (κ3) is 4.37. The van der Waals surface area contributed by atoms with Gasteiger partial charge in [-0.1, -0.05) is 92.7 Å². The first-order valence-corrected chi connectivity index (χ1v) is 9.74. The highest BCUT2D eigenvalue weighted by Crippen LogP contribution is 2.38. The van der Waals surface area contributed by atoms with Crippen LogP contribution in [0.3, 0.4) is 0 Å². The van der Waals surface area contributed by atoms with Crippen LogP contribution in [-0.4, -0.2) is 11.7 Å². The Labute approximate surface area is 167 Å². The summed E-state index contributed by atoms with van der Waals surface area (Å²) in [5.41, 5.74) is 3.40. The molecule has 0 aliphatic rings. The zero-order valence-electron chi connectivity index (χ0n) is 15.9. The van der Waals surface area contributed by atoms with Gasteiger partial charge in [0, 0.05) is 17.6 Å². The molecule has 0 fully saturated rings. The zero-order valence-corrected chi connectivity index (χ0v) is 16.7. The van der Waals surface area contributed by atoms with Crippen LogP contribution in [0, 0.1) is 5.92 Å². The summed E-state index contributed by atoms with van der Waals surface area (Å²) >= 11 is 5.57. The lowest BCUT2D eigenvalue weighted by Crippen LogP contribution is -2.46. The third-order valence-corrected chi connectivity index (χ3v) is 5.37. The molecule has 0 radical (unpaired) electrons. The van der Waals surface area contributed by atoms with Gasteiger partial charge in [0.05, 0.1) is 0 Å². The Morgan fingerprint density at radius 1 is 0.778 bits per heavy atom. The maximum atomic E-state index is 5.57. The van der Waals surface area contributed by atoms with E-state index in [0.29, 0.717) is 11.0 Å². The van der Waals surface area contributed by atoms with Crippen LogP contribution < -0.4 is 10.6 Å². The molecule has 27 heavy (non-hydrogen) atoms. The minimum Gasteiger partial charge on any atom is -0.361 e. The Hall–Kier alpha value is -2.65. The summed E-state index contributed by atoms with van der Waals surface area (Å²) in [5, 5.41) is 7.38. The first kappa shape index (κ1) is 19.1. The van der Waals surface area contributed by atoms with Crippen LogP contribution in [0.5, 0.6) is 0 Å². The number of thiocarbonyl (C=S) groups is 1. The van der Waals surface area contributed by atoms with Gasteiger partial charge in [-0.05, 0) is 41.4 Å². The molecule has 3 rings (SSSR count). The number of benzene rings is 3. The molecular weight excluding hydrogens is 348 g/mol. The van der Waals surface area contributed by atoms with Crippen LogP contribution in [0.1, 0.15) is 25.0 Å². The van der Waals surface area contributed by atoms with Crippen LogP contribution in [0.15, 0.2) is 91.0 Å². The van der Waals surface area contributed by atoms with E-state index in [1.807, 2.05) is 30.3 Å². The largest absolute Gasteiger partial charge is 0.361 e. The van der Waals surface area contributed by atoms with Crippen molar-refractivity contribution in [2.75, 3.05) is 11.9 Å². The van der Waals surface area contributed by atoms with E-state index in [-0.39, 0.29) is 5.41 Å². The molecule has 0 atom stereocenters. The van der Waals surface area contributed by atoms with E-state index in [4.69, 9.17) is 12.2 Å². The van der Waals surface area contributed by atoms with Gasteiger partial charge >= 0.3 is 0 Å². The molecule has 0 spiro atoms. The molecule has 3 aromatic carbocycles. The minimum atomic E-state index is -0.176. The lowest BCUT2D eigenvalue weighted by Gasteiger charge is -2.39. The number of nitrogens with one attached hydrogen (secondary N) is 2. The molecule has 0 saturated heterocycles. The summed E-state index contributed by atoms with van der Waals surface area (Å²) < 4.78 is 0. The maximum absolute atomic E-state index is 5.57. The quantitative estimate of drug-likeness (QED) is 0.548. The Morgan fingerprint density at radius 2 is 1.22 bits per heavy atom. The highest BCUT2D eigenvalue weighted by atomic mass is 32.1. The van der Waals surface area contributed by atoms with Crippen molar-refractivity contribution >= 4 is 23.0 Å². The predicted octanol–water partition coefficient (Wildman–Crippen LogP) is 5.62. The highest BCUT2D eigenvalue weighted by Gasteiger charge is 2.37. The van der Waals surface area contributed by atoms with Crippen LogP contribution >= 0.6 is 12.2 Å². The van der Waals surface area contributed by atoms with E-state index < -0.39 is 0 Å². The van der Waals surface area contributed by atoms with Crippen molar-refractivity contribution in [2.24, 2.45) is 5.92 Å². The van der Waals surface area contributed by atoms with E-state index in [1.165, 1.54) is 11.1 Å². The number of hydrogen-bond donors (Lipinski definition) is 2. The van der Waals surface area contributed by atoms with Crippen LogP contribution in [0.2, 0.25) is 0 Å². The molecule has 3 aromatic rings. The van der Waals surface area contributed by atoms with Gasteiger partial charge in [0.15, 0.2) is 5.11 Å². The van der Waals surface area contributed by atoms with Crippen molar-refractivity contribution in [1.29, 1.82) is 0 Å². The summed E-state index contributed by atoms with van der Waals surface area (Å²) in [6.07, 6.45) is 0. The van der Waals surface area contributed by atoms with Crippen molar-refractivity contribution in [3.63, 3.8) is 0 Å². The van der Waals surface area contributed by atoms with Gasteiger partial charge in [0.25, 0.3) is 0 Å². The summed E-state index contributed by atoms with van der Waals surface area (Å²) in [6, 6.07) is 31.4. The molecule has 2 N–H and O–H groups in total. The maximum Gasteiger partial charge on any atom is 0.170 e. The average molecular weight is 375 g/mol. The lowest BCUT2D eigenvalue weighted by atomic mass is 9.67. The van der Waals surface area contributed by atoms with E-state index in [2.05, 4.69) is 85.1 Å². The smallest absolute Gasteiger partial charge is 0.170 e. The molecule has 0 heterocycles. The summed E-state index contributed by atoms with van der Waals surface area (Å²) in [5.74, 6) is 0.384. The average Bonchev–Trinajstić information content (AvgIpc) is 2.71. The molecular formula is C24H26N2S. The second-order valence-electron chi connectivity index (χ2n) is 7.03. The first-order chi connectivity index (χ1) is 13.1. The number of para-hydroxylation sites is 1. The molecule has 138 valence electrons. The fourth-order valence-electron chi connectivity index (χ4n) is 3.63. The Kier molecular flexibility index (Phi) is 6.25. The Morgan fingerprint density at radius 3 is 1.67 bits per heavy atom. The molecule has 0 bridgehead atoms. The van der Waals surface area contributed by atoms with Gasteiger partial charge in [0.1, 0.15) is 0 Å². The fraction of sp³-hybridized carbons (Fsp3) is 0.208. The topological polar surface area (TPSA) is 24.1 Å². The summed E-state index contributed by atoms with van der Waals surface area (Å²) in [7, 11) is 0. The molecule has 0 amide bonds. The number of anilines is 1. The van der Waals surface area contributed by atoms with Gasteiger partial charge in [-0.2, -0.15) is 0 Å². The fourth-order valence-corrected chi connectivity index (χ4v) is 3.82. The van der Waals surface area contributed by atoms with Crippen molar-refractivity contribution in [1.82, 2.24) is 5.32 Å². The van der Waals surface area contributed by atoms with Crippen molar-refractivity contribution in [3.05, 3.63) is 102 Å². The molecule has 2 nitrogen and oxygen atoms in total. The SMILES string of the molecule is CC(C)C(CNC(=S)Nc1ccccc1)(c1ccccc1)c1ccccc1. The summed E-state index contributed by atoms with van der Waals surface area (Å²) in [4.78, 5) is 0. The molecule has 0 saturated carbocycles. The second-order valence-corrected chi connectivity index (χ2v) is 7.44. The highest BCUT2D eigenvalue weighted by molar-refractivity contribution is 7.80. The van der Waals surface area contributed by atoms with Gasteiger partial charge in [-0.15, -0.1) is 0 Å². The second kappa shape index (κ2) is 8.83. The standard InChI is InChI=1S/C24H26N2S/c1-19(2)24(20-12-6-3-7-13-20,21-14-8-4-9-15-21)18-25-23(27)26-22-16-10-5-11-17-22/h3-17,19H,18H2,1-2H3,(H2,25,26,27). The van der Waals surface area contributed by atoms with Crippen molar-refractivity contribution in [2.45, 2.75) is 19.3 Å². The van der Waals surface area contributed by atoms with Crippen molar-refractivity contribution < 1.29 is 0 Å². The van der Waals surface area contributed by atoms with Crippen molar-refractivity contribution in [3.8, 4) is 0 Å². The predicted molar refractivity (Wildman–Crippen MR) is 119 cm³/mol. The monoisotopic (exact) mass is 374 g/mol. The van der Waals surface area contributed by atoms with E-state index >= 15 is 0 Å². The van der Waals surface area contributed by atoms with Crippen LogP contribution in [0.4, 0.5) is 5.69 Å². The molecule has 0 aliphatic carbocycles. The molecule has 0 unspecified atom stereocenters. The third-order valence-electron chi connectivity index (χ3n) is 5.12. The normalized spacial score (nSPS) is 11.2. The summed E-state index contributed by atoms with van der Waals surface area (Å²) in [6.45, 7) is 5.27. The van der Waals surface area contributed by atoms with Gasteiger partial charge in [-0.3, -0.25) is 0 Å². The zero-order chi connectivity index (χ0) is 19.1.